The van der Waals surface area contributed by atoms with Gasteiger partial charge in [-0.3, -0.25) is 14.5 Å². The van der Waals surface area contributed by atoms with Gasteiger partial charge < -0.3 is 0 Å². The lowest BCUT2D eigenvalue weighted by molar-refractivity contribution is -0.124. The van der Waals surface area contributed by atoms with E-state index in [0.717, 1.165) is 23.7 Å². The van der Waals surface area contributed by atoms with Crippen LogP contribution < -0.4 is 0 Å². The molecule has 0 unspecified atom stereocenters. The SMILES string of the molecule is CC[C@H](C)N1C(=O)S/C(=C/c2ccc(C(C)C)cc2)C1=O. The lowest BCUT2D eigenvalue weighted by Crippen LogP contribution is -2.36. The third kappa shape index (κ3) is 3.38. The van der Waals surface area contributed by atoms with Gasteiger partial charge in [0.05, 0.1) is 4.91 Å². The second-order valence-electron chi connectivity index (χ2n) is 5.63. The highest BCUT2D eigenvalue weighted by molar-refractivity contribution is 8.18. The van der Waals surface area contributed by atoms with Gasteiger partial charge in [0.25, 0.3) is 11.1 Å². The van der Waals surface area contributed by atoms with Gasteiger partial charge >= 0.3 is 0 Å². The molecule has 1 aliphatic rings. The van der Waals surface area contributed by atoms with E-state index in [2.05, 4.69) is 26.0 Å². The van der Waals surface area contributed by atoms with Gasteiger partial charge in [0.2, 0.25) is 0 Å². The Hall–Kier alpha value is -1.55. The van der Waals surface area contributed by atoms with E-state index in [1.807, 2.05) is 26.0 Å². The number of hydrogen-bond donors (Lipinski definition) is 0. The maximum absolute atomic E-state index is 12.3. The smallest absolute Gasteiger partial charge is 0.268 e. The molecule has 0 aliphatic carbocycles. The van der Waals surface area contributed by atoms with Crippen molar-refractivity contribution in [2.24, 2.45) is 0 Å². The van der Waals surface area contributed by atoms with Crippen molar-refractivity contribution in [2.45, 2.75) is 46.1 Å². The number of amides is 2. The Morgan fingerprint density at radius 2 is 1.76 bits per heavy atom. The molecule has 0 saturated carbocycles. The minimum absolute atomic E-state index is 0.0493. The molecule has 0 spiro atoms. The molecular formula is C17H21NO2S. The third-order valence-electron chi connectivity index (χ3n) is 3.76. The normalized spacial score (nSPS) is 18.9. The lowest BCUT2D eigenvalue weighted by Gasteiger charge is -2.19. The number of nitrogens with zero attached hydrogens (tertiary/aromatic N) is 1. The summed E-state index contributed by atoms with van der Waals surface area (Å²) in [6.07, 6.45) is 2.58. The Morgan fingerprint density at radius 1 is 1.14 bits per heavy atom. The maximum Gasteiger partial charge on any atom is 0.293 e. The number of thioether (sulfide) groups is 1. The molecule has 1 heterocycles. The number of benzene rings is 1. The Balaban J connectivity index is 2.22. The molecule has 1 aromatic rings. The molecule has 0 bridgehead atoms. The van der Waals surface area contributed by atoms with Crippen molar-refractivity contribution in [3.63, 3.8) is 0 Å². The van der Waals surface area contributed by atoms with Gasteiger partial charge in [0.15, 0.2) is 0 Å². The first-order valence-corrected chi connectivity index (χ1v) is 8.12. The average Bonchev–Trinajstić information content (AvgIpc) is 2.73. The molecule has 1 aromatic carbocycles. The molecule has 0 radical (unpaired) electrons. The largest absolute Gasteiger partial charge is 0.293 e. The van der Waals surface area contributed by atoms with Crippen LogP contribution >= 0.6 is 11.8 Å². The summed E-state index contributed by atoms with van der Waals surface area (Å²) in [5, 5.41) is -0.167. The van der Waals surface area contributed by atoms with E-state index in [0.29, 0.717) is 10.8 Å². The van der Waals surface area contributed by atoms with Crippen LogP contribution in [0.25, 0.3) is 6.08 Å². The van der Waals surface area contributed by atoms with E-state index in [4.69, 9.17) is 0 Å². The van der Waals surface area contributed by atoms with Crippen LogP contribution in [-0.4, -0.2) is 22.1 Å². The van der Waals surface area contributed by atoms with Crippen LogP contribution in [0.5, 0.6) is 0 Å². The summed E-state index contributed by atoms with van der Waals surface area (Å²) < 4.78 is 0. The molecule has 2 rings (SSSR count). The third-order valence-corrected chi connectivity index (χ3v) is 4.64. The summed E-state index contributed by atoms with van der Waals surface area (Å²) in [6.45, 7) is 8.16. The first-order valence-electron chi connectivity index (χ1n) is 7.31. The van der Waals surface area contributed by atoms with Crippen LogP contribution in [0, 0.1) is 0 Å². The number of carbonyl (C=O) groups excluding carboxylic acids is 2. The highest BCUT2D eigenvalue weighted by Crippen LogP contribution is 2.34. The summed E-state index contributed by atoms with van der Waals surface area (Å²) >= 11 is 1.03. The molecule has 1 saturated heterocycles. The first-order chi connectivity index (χ1) is 9.93. The minimum atomic E-state index is -0.174. The predicted octanol–water partition coefficient (Wildman–Crippen LogP) is 4.64. The van der Waals surface area contributed by atoms with Crippen molar-refractivity contribution >= 4 is 29.0 Å². The fraction of sp³-hybridized carbons (Fsp3) is 0.412. The zero-order chi connectivity index (χ0) is 15.6. The maximum atomic E-state index is 12.3. The van der Waals surface area contributed by atoms with Gasteiger partial charge in [-0.25, -0.2) is 0 Å². The van der Waals surface area contributed by atoms with Crippen molar-refractivity contribution < 1.29 is 9.59 Å². The number of rotatable bonds is 4. The second kappa shape index (κ2) is 6.48. The molecule has 1 fully saturated rings. The molecule has 0 N–H and O–H groups in total. The topological polar surface area (TPSA) is 37.4 Å². The fourth-order valence-corrected chi connectivity index (χ4v) is 3.10. The van der Waals surface area contributed by atoms with Crippen molar-refractivity contribution in [3.05, 3.63) is 40.3 Å². The zero-order valence-electron chi connectivity index (χ0n) is 12.9. The van der Waals surface area contributed by atoms with Crippen LogP contribution in [0.4, 0.5) is 4.79 Å². The molecular weight excluding hydrogens is 282 g/mol. The molecule has 1 aliphatic heterocycles. The van der Waals surface area contributed by atoms with E-state index in [9.17, 15) is 9.59 Å². The number of imide groups is 1. The first kappa shape index (κ1) is 15.8. The predicted molar refractivity (Wildman–Crippen MR) is 88.1 cm³/mol. The van der Waals surface area contributed by atoms with Crippen LogP contribution in [0.3, 0.4) is 0 Å². The number of carbonyl (C=O) groups is 2. The molecule has 0 aromatic heterocycles. The molecule has 1 atom stereocenters. The Kier molecular flexibility index (Phi) is 4.88. The standard InChI is InChI=1S/C17H21NO2S/c1-5-12(4)18-16(19)15(21-17(18)20)10-13-6-8-14(9-7-13)11(2)3/h6-12H,5H2,1-4H3/b15-10+/t12-/m0/s1. The molecule has 3 nitrogen and oxygen atoms in total. The van der Waals surface area contributed by atoms with E-state index in [1.165, 1.54) is 10.5 Å². The monoisotopic (exact) mass is 303 g/mol. The summed E-state index contributed by atoms with van der Waals surface area (Å²) in [6, 6.07) is 8.07. The Morgan fingerprint density at radius 3 is 2.29 bits per heavy atom. The van der Waals surface area contributed by atoms with Crippen molar-refractivity contribution in [1.82, 2.24) is 4.90 Å². The highest BCUT2D eigenvalue weighted by Gasteiger charge is 2.37. The van der Waals surface area contributed by atoms with Crippen molar-refractivity contribution in [1.29, 1.82) is 0 Å². The van der Waals surface area contributed by atoms with Gasteiger partial charge in [0.1, 0.15) is 0 Å². The second-order valence-corrected chi connectivity index (χ2v) is 6.62. The average molecular weight is 303 g/mol. The van der Waals surface area contributed by atoms with Crippen molar-refractivity contribution in [2.75, 3.05) is 0 Å². The van der Waals surface area contributed by atoms with E-state index >= 15 is 0 Å². The lowest BCUT2D eigenvalue weighted by atomic mass is 10.0. The highest BCUT2D eigenvalue weighted by atomic mass is 32.2. The number of hydrogen-bond acceptors (Lipinski definition) is 3. The fourth-order valence-electron chi connectivity index (χ4n) is 2.17. The van der Waals surface area contributed by atoms with Crippen molar-refractivity contribution in [3.8, 4) is 0 Å². The van der Waals surface area contributed by atoms with Crippen LogP contribution in [0.1, 0.15) is 51.2 Å². The quantitative estimate of drug-likeness (QED) is 0.760. The summed E-state index contributed by atoms with van der Waals surface area (Å²) in [5.74, 6) is 0.309. The van der Waals surface area contributed by atoms with Gasteiger partial charge in [-0.2, -0.15) is 0 Å². The van der Waals surface area contributed by atoms with E-state index < -0.39 is 0 Å². The van der Waals surface area contributed by atoms with E-state index in [-0.39, 0.29) is 17.2 Å². The summed E-state index contributed by atoms with van der Waals surface area (Å²) in [4.78, 5) is 26.1. The summed E-state index contributed by atoms with van der Waals surface area (Å²) in [7, 11) is 0. The van der Waals surface area contributed by atoms with E-state index in [1.54, 1.807) is 6.08 Å². The van der Waals surface area contributed by atoms with Gasteiger partial charge in [-0.1, -0.05) is 45.0 Å². The molecule has 4 heteroatoms. The molecule has 112 valence electrons. The van der Waals surface area contributed by atoms with Crippen LogP contribution in [0.2, 0.25) is 0 Å². The van der Waals surface area contributed by atoms with Crippen LogP contribution in [0.15, 0.2) is 29.2 Å². The van der Waals surface area contributed by atoms with Gasteiger partial charge in [0, 0.05) is 6.04 Å². The van der Waals surface area contributed by atoms with Gasteiger partial charge in [-0.15, -0.1) is 0 Å². The van der Waals surface area contributed by atoms with Gasteiger partial charge in [-0.05, 0) is 48.2 Å². The minimum Gasteiger partial charge on any atom is -0.268 e. The summed E-state index contributed by atoms with van der Waals surface area (Å²) in [5.41, 5.74) is 2.22. The Bertz CT molecular complexity index is 575. The Labute approximate surface area is 130 Å². The molecule has 21 heavy (non-hydrogen) atoms. The van der Waals surface area contributed by atoms with Crippen LogP contribution in [-0.2, 0) is 4.79 Å². The molecule has 2 amide bonds. The zero-order valence-corrected chi connectivity index (χ0v) is 13.7.